The van der Waals surface area contributed by atoms with Gasteiger partial charge in [-0.25, -0.2) is 0 Å². The fraction of sp³-hybridized carbons (Fsp3) is 0.182. The molecular formula is C11H12O3. The smallest absolute Gasteiger partial charge is 0.302 e. The second-order valence-corrected chi connectivity index (χ2v) is 2.65. The van der Waals surface area contributed by atoms with Gasteiger partial charge in [0.25, 0.3) is 0 Å². The second-order valence-electron chi connectivity index (χ2n) is 2.65. The van der Waals surface area contributed by atoms with Crippen LogP contribution in [0.25, 0.3) is 11.0 Å². The molecule has 74 valence electrons. The van der Waals surface area contributed by atoms with Crippen molar-refractivity contribution in [2.75, 3.05) is 7.11 Å². The fourth-order valence-corrected chi connectivity index (χ4v) is 0.906. The number of hydrogen-bond donors (Lipinski definition) is 0. The normalized spacial score (nSPS) is 9.00. The summed E-state index contributed by atoms with van der Waals surface area (Å²) in [6.07, 6.45) is 1.70. The zero-order chi connectivity index (χ0) is 10.4. The first-order valence-corrected chi connectivity index (χ1v) is 4.21. The third kappa shape index (κ3) is 2.94. The highest BCUT2D eigenvalue weighted by Gasteiger charge is 1.89. The summed E-state index contributed by atoms with van der Waals surface area (Å²) in [7, 11) is 1.35. The Morgan fingerprint density at radius 2 is 1.93 bits per heavy atom. The number of benzene rings is 1. The molecule has 0 aliphatic carbocycles. The molecule has 0 radical (unpaired) electrons. The molecule has 0 bridgehead atoms. The largest absolute Gasteiger partial charge is 0.469 e. The minimum atomic E-state index is -0.245. The van der Waals surface area contributed by atoms with Crippen LogP contribution in [-0.4, -0.2) is 13.1 Å². The lowest BCUT2D eigenvalue weighted by molar-refractivity contribution is -0.137. The van der Waals surface area contributed by atoms with E-state index >= 15 is 0 Å². The summed E-state index contributed by atoms with van der Waals surface area (Å²) in [5, 5.41) is 1.16. The van der Waals surface area contributed by atoms with Crippen molar-refractivity contribution in [1.29, 1.82) is 0 Å². The molecule has 0 unspecified atom stereocenters. The van der Waals surface area contributed by atoms with Gasteiger partial charge in [-0.1, -0.05) is 18.2 Å². The van der Waals surface area contributed by atoms with Gasteiger partial charge in [0.2, 0.25) is 0 Å². The summed E-state index contributed by atoms with van der Waals surface area (Å²) in [4.78, 5) is 9.59. The Balaban J connectivity index is 0.000000171. The molecule has 14 heavy (non-hydrogen) atoms. The standard InChI is InChI=1S/C8H6O.C3H6O2/c1-2-4-8-7(3-1)5-6-9-8;1-3(4)5-2/h1-6H;1-2H3. The molecular weight excluding hydrogens is 180 g/mol. The molecule has 0 spiro atoms. The highest BCUT2D eigenvalue weighted by Crippen LogP contribution is 2.12. The van der Waals surface area contributed by atoms with Crippen LogP contribution in [0.15, 0.2) is 41.0 Å². The van der Waals surface area contributed by atoms with Gasteiger partial charge in [0.1, 0.15) is 5.58 Å². The number of fused-ring (bicyclic) bond motifs is 1. The van der Waals surface area contributed by atoms with Crippen molar-refractivity contribution < 1.29 is 13.9 Å². The van der Waals surface area contributed by atoms with Crippen molar-refractivity contribution >= 4 is 16.9 Å². The van der Waals surface area contributed by atoms with Crippen LogP contribution in [0.1, 0.15) is 6.92 Å². The van der Waals surface area contributed by atoms with Gasteiger partial charge in [-0.3, -0.25) is 4.79 Å². The van der Waals surface area contributed by atoms with Gasteiger partial charge in [-0.2, -0.15) is 0 Å². The Hall–Kier alpha value is -1.77. The number of ether oxygens (including phenoxy) is 1. The summed E-state index contributed by atoms with van der Waals surface area (Å²) in [6, 6.07) is 9.90. The molecule has 0 amide bonds. The molecule has 2 aromatic rings. The molecule has 0 saturated heterocycles. The van der Waals surface area contributed by atoms with E-state index in [1.807, 2.05) is 30.3 Å². The van der Waals surface area contributed by atoms with E-state index in [4.69, 9.17) is 4.42 Å². The van der Waals surface area contributed by atoms with Crippen molar-refractivity contribution in [2.24, 2.45) is 0 Å². The summed E-state index contributed by atoms with van der Waals surface area (Å²) < 4.78 is 9.23. The minimum absolute atomic E-state index is 0.245. The third-order valence-electron chi connectivity index (χ3n) is 1.65. The van der Waals surface area contributed by atoms with Crippen molar-refractivity contribution in [3.8, 4) is 0 Å². The van der Waals surface area contributed by atoms with Crippen LogP contribution in [0.2, 0.25) is 0 Å². The minimum Gasteiger partial charge on any atom is -0.469 e. The van der Waals surface area contributed by atoms with Gasteiger partial charge >= 0.3 is 5.97 Å². The van der Waals surface area contributed by atoms with Crippen LogP contribution in [0.4, 0.5) is 0 Å². The quantitative estimate of drug-likeness (QED) is 0.602. The van der Waals surface area contributed by atoms with Gasteiger partial charge in [0.05, 0.1) is 13.4 Å². The van der Waals surface area contributed by atoms with E-state index in [0.29, 0.717) is 0 Å². The second kappa shape index (κ2) is 5.07. The highest BCUT2D eigenvalue weighted by atomic mass is 16.5. The van der Waals surface area contributed by atoms with E-state index in [1.54, 1.807) is 6.26 Å². The molecule has 0 atom stereocenters. The zero-order valence-electron chi connectivity index (χ0n) is 8.19. The maximum absolute atomic E-state index is 9.59. The topological polar surface area (TPSA) is 39.4 Å². The van der Waals surface area contributed by atoms with Crippen LogP contribution >= 0.6 is 0 Å². The van der Waals surface area contributed by atoms with Gasteiger partial charge in [0, 0.05) is 12.3 Å². The Morgan fingerprint density at radius 1 is 1.29 bits per heavy atom. The average molecular weight is 192 g/mol. The first kappa shape index (κ1) is 10.3. The van der Waals surface area contributed by atoms with Crippen molar-refractivity contribution in [3.63, 3.8) is 0 Å². The van der Waals surface area contributed by atoms with Crippen LogP contribution in [0.3, 0.4) is 0 Å². The molecule has 0 fully saturated rings. The van der Waals surface area contributed by atoms with Crippen LogP contribution < -0.4 is 0 Å². The Morgan fingerprint density at radius 3 is 2.50 bits per heavy atom. The molecule has 1 aromatic heterocycles. The van der Waals surface area contributed by atoms with E-state index < -0.39 is 0 Å². The number of carbonyl (C=O) groups excluding carboxylic acids is 1. The van der Waals surface area contributed by atoms with E-state index in [9.17, 15) is 4.79 Å². The maximum atomic E-state index is 9.59. The lowest BCUT2D eigenvalue weighted by Crippen LogP contribution is -1.88. The molecule has 1 aromatic carbocycles. The van der Waals surface area contributed by atoms with Gasteiger partial charge < -0.3 is 9.15 Å². The number of methoxy groups -OCH3 is 1. The van der Waals surface area contributed by atoms with E-state index in [0.717, 1.165) is 11.0 Å². The monoisotopic (exact) mass is 192 g/mol. The Labute approximate surface area is 82.3 Å². The highest BCUT2D eigenvalue weighted by molar-refractivity contribution is 5.76. The molecule has 1 heterocycles. The number of hydrogen-bond acceptors (Lipinski definition) is 3. The molecule has 0 N–H and O–H groups in total. The van der Waals surface area contributed by atoms with Crippen molar-refractivity contribution in [1.82, 2.24) is 0 Å². The molecule has 2 rings (SSSR count). The first-order chi connectivity index (χ1) is 6.74. The Bertz CT molecular complexity index is 373. The van der Waals surface area contributed by atoms with Crippen molar-refractivity contribution in [2.45, 2.75) is 6.92 Å². The first-order valence-electron chi connectivity index (χ1n) is 4.21. The molecule has 3 heteroatoms. The number of carbonyl (C=O) groups is 1. The van der Waals surface area contributed by atoms with E-state index in [1.165, 1.54) is 14.0 Å². The van der Waals surface area contributed by atoms with E-state index in [2.05, 4.69) is 4.74 Å². The molecule has 3 nitrogen and oxygen atoms in total. The molecule has 0 saturated carbocycles. The summed E-state index contributed by atoms with van der Waals surface area (Å²) in [6.45, 7) is 1.36. The average Bonchev–Trinajstić information content (AvgIpc) is 2.66. The summed E-state index contributed by atoms with van der Waals surface area (Å²) in [5.41, 5.74) is 0.956. The molecule has 0 aliphatic heterocycles. The fourth-order valence-electron chi connectivity index (χ4n) is 0.906. The number of para-hydroxylation sites is 1. The van der Waals surface area contributed by atoms with Gasteiger partial charge in [0.15, 0.2) is 0 Å². The summed E-state index contributed by atoms with van der Waals surface area (Å²) in [5.74, 6) is -0.245. The predicted molar refractivity (Wildman–Crippen MR) is 53.9 cm³/mol. The number of esters is 1. The zero-order valence-corrected chi connectivity index (χ0v) is 8.19. The predicted octanol–water partition coefficient (Wildman–Crippen LogP) is 2.61. The molecule has 0 aliphatic rings. The van der Waals surface area contributed by atoms with Crippen LogP contribution in [-0.2, 0) is 9.53 Å². The SMILES string of the molecule is COC(C)=O.c1ccc2occc2c1. The van der Waals surface area contributed by atoms with E-state index in [-0.39, 0.29) is 5.97 Å². The lowest BCUT2D eigenvalue weighted by atomic mass is 10.3. The Kier molecular flexibility index (Phi) is 3.73. The number of furan rings is 1. The van der Waals surface area contributed by atoms with Gasteiger partial charge in [-0.05, 0) is 12.1 Å². The lowest BCUT2D eigenvalue weighted by Gasteiger charge is -1.81. The van der Waals surface area contributed by atoms with Crippen molar-refractivity contribution in [3.05, 3.63) is 36.6 Å². The van der Waals surface area contributed by atoms with Crippen LogP contribution in [0.5, 0.6) is 0 Å². The summed E-state index contributed by atoms with van der Waals surface area (Å²) >= 11 is 0. The number of rotatable bonds is 0. The maximum Gasteiger partial charge on any atom is 0.302 e. The third-order valence-corrected chi connectivity index (χ3v) is 1.65. The van der Waals surface area contributed by atoms with Crippen LogP contribution in [0, 0.1) is 0 Å². The van der Waals surface area contributed by atoms with Gasteiger partial charge in [-0.15, -0.1) is 0 Å².